The number of amidine groups is 1. The number of ether oxygens (including phenoxy) is 1. The van der Waals surface area contributed by atoms with E-state index in [9.17, 15) is 4.39 Å². The first-order valence-electron chi connectivity index (χ1n) is 5.24. The fourth-order valence-electron chi connectivity index (χ4n) is 1.44. The van der Waals surface area contributed by atoms with E-state index in [1.165, 1.54) is 18.4 Å². The van der Waals surface area contributed by atoms with Gasteiger partial charge in [-0.15, -0.1) is 0 Å². The van der Waals surface area contributed by atoms with Crippen molar-refractivity contribution in [1.29, 1.82) is 0 Å². The van der Waals surface area contributed by atoms with E-state index in [-0.39, 0.29) is 28.2 Å². The number of oxime groups is 1. The quantitative estimate of drug-likeness (QED) is 0.391. The van der Waals surface area contributed by atoms with Crippen molar-refractivity contribution in [2.75, 3.05) is 0 Å². The first-order chi connectivity index (χ1) is 9.13. The van der Waals surface area contributed by atoms with Crippen molar-refractivity contribution >= 4 is 21.8 Å². The summed E-state index contributed by atoms with van der Waals surface area (Å²) >= 11 is 3.04. The Balaban J connectivity index is 2.21. The maximum absolute atomic E-state index is 14.0. The highest BCUT2D eigenvalue weighted by Crippen LogP contribution is 2.29. The molecule has 100 valence electrons. The van der Waals surface area contributed by atoms with Crippen molar-refractivity contribution in [3.05, 3.63) is 52.1 Å². The summed E-state index contributed by atoms with van der Waals surface area (Å²) in [6, 6.07) is 6.32. The summed E-state index contributed by atoms with van der Waals surface area (Å²) in [6.45, 7) is 0.110. The van der Waals surface area contributed by atoms with Crippen LogP contribution in [-0.4, -0.2) is 11.0 Å². The third-order valence-electron chi connectivity index (χ3n) is 2.38. The molecule has 0 aliphatic heterocycles. The predicted molar refractivity (Wildman–Crippen MR) is 69.7 cm³/mol. The van der Waals surface area contributed by atoms with Gasteiger partial charge < -0.3 is 20.1 Å². The standard InChI is InChI=1S/C12H10BrFN2O3/c13-10-8(12(15)16-17)3-4-9(11(10)14)19-6-7-2-1-5-18-7/h1-5,17H,6H2,(H2,15,16). The van der Waals surface area contributed by atoms with Gasteiger partial charge in [0.25, 0.3) is 0 Å². The monoisotopic (exact) mass is 328 g/mol. The minimum atomic E-state index is -0.629. The van der Waals surface area contributed by atoms with Crippen LogP contribution in [0.3, 0.4) is 0 Å². The number of nitrogens with two attached hydrogens (primary N) is 1. The fraction of sp³-hybridized carbons (Fsp3) is 0.0833. The number of furan rings is 1. The van der Waals surface area contributed by atoms with Crippen molar-refractivity contribution in [1.82, 2.24) is 0 Å². The zero-order valence-corrected chi connectivity index (χ0v) is 11.2. The molecule has 1 aromatic carbocycles. The summed E-state index contributed by atoms with van der Waals surface area (Å²) in [4.78, 5) is 0. The second kappa shape index (κ2) is 5.75. The van der Waals surface area contributed by atoms with E-state index >= 15 is 0 Å². The van der Waals surface area contributed by atoms with Crippen LogP contribution >= 0.6 is 15.9 Å². The molecule has 2 rings (SSSR count). The van der Waals surface area contributed by atoms with Gasteiger partial charge in [0.05, 0.1) is 10.7 Å². The molecule has 7 heteroatoms. The van der Waals surface area contributed by atoms with Gasteiger partial charge in [-0.3, -0.25) is 0 Å². The summed E-state index contributed by atoms with van der Waals surface area (Å²) < 4.78 is 24.4. The number of rotatable bonds is 4. The summed E-state index contributed by atoms with van der Waals surface area (Å²) in [7, 11) is 0. The maximum Gasteiger partial charge on any atom is 0.179 e. The number of hydrogen-bond acceptors (Lipinski definition) is 4. The SMILES string of the molecule is N/C(=N/O)c1ccc(OCc2ccco2)c(F)c1Br. The molecule has 1 aromatic heterocycles. The van der Waals surface area contributed by atoms with Gasteiger partial charge >= 0.3 is 0 Å². The van der Waals surface area contributed by atoms with Gasteiger partial charge in [-0.2, -0.15) is 0 Å². The first kappa shape index (κ1) is 13.4. The Morgan fingerprint density at radius 2 is 2.26 bits per heavy atom. The molecule has 0 spiro atoms. The van der Waals surface area contributed by atoms with Crippen LogP contribution in [0.1, 0.15) is 11.3 Å². The van der Waals surface area contributed by atoms with Crippen LogP contribution < -0.4 is 10.5 Å². The highest BCUT2D eigenvalue weighted by Gasteiger charge is 2.15. The van der Waals surface area contributed by atoms with E-state index in [1.807, 2.05) is 0 Å². The van der Waals surface area contributed by atoms with Gasteiger partial charge in [0.1, 0.15) is 12.4 Å². The van der Waals surface area contributed by atoms with Crippen LogP contribution in [-0.2, 0) is 6.61 Å². The third-order valence-corrected chi connectivity index (χ3v) is 3.16. The van der Waals surface area contributed by atoms with Crippen LogP contribution in [0, 0.1) is 5.82 Å². The molecule has 1 heterocycles. The molecular formula is C12H10BrFN2O3. The number of hydrogen-bond donors (Lipinski definition) is 2. The Bertz CT molecular complexity index is 599. The lowest BCUT2D eigenvalue weighted by Gasteiger charge is -2.09. The maximum atomic E-state index is 14.0. The average molecular weight is 329 g/mol. The topological polar surface area (TPSA) is 81.0 Å². The van der Waals surface area contributed by atoms with Crippen molar-refractivity contribution in [2.24, 2.45) is 10.9 Å². The molecule has 0 unspecified atom stereocenters. The fourth-order valence-corrected chi connectivity index (χ4v) is 1.97. The Labute approximate surface area is 116 Å². The molecule has 19 heavy (non-hydrogen) atoms. The van der Waals surface area contributed by atoms with Crippen molar-refractivity contribution in [3.8, 4) is 5.75 Å². The predicted octanol–water partition coefficient (Wildman–Crippen LogP) is 2.85. The van der Waals surface area contributed by atoms with E-state index < -0.39 is 5.82 Å². The van der Waals surface area contributed by atoms with E-state index in [4.69, 9.17) is 20.1 Å². The lowest BCUT2D eigenvalue weighted by molar-refractivity contribution is 0.258. The van der Waals surface area contributed by atoms with Crippen LogP contribution in [0.2, 0.25) is 0 Å². The Morgan fingerprint density at radius 1 is 1.47 bits per heavy atom. The molecule has 0 bridgehead atoms. The zero-order chi connectivity index (χ0) is 13.8. The lowest BCUT2D eigenvalue weighted by Crippen LogP contribution is -2.14. The summed E-state index contributed by atoms with van der Waals surface area (Å²) in [5, 5.41) is 11.4. The normalized spacial score (nSPS) is 11.6. The molecule has 0 aliphatic rings. The first-order valence-corrected chi connectivity index (χ1v) is 6.04. The molecule has 2 aromatic rings. The zero-order valence-electron chi connectivity index (χ0n) is 9.64. The van der Waals surface area contributed by atoms with Crippen LogP contribution in [0.5, 0.6) is 5.75 Å². The molecule has 5 nitrogen and oxygen atoms in total. The van der Waals surface area contributed by atoms with Crippen molar-refractivity contribution < 1.29 is 18.8 Å². The largest absolute Gasteiger partial charge is 0.483 e. The lowest BCUT2D eigenvalue weighted by atomic mass is 10.2. The molecule has 0 saturated carbocycles. The molecule has 0 amide bonds. The Kier molecular flexibility index (Phi) is 4.06. The smallest absolute Gasteiger partial charge is 0.179 e. The molecule has 0 radical (unpaired) electrons. The van der Waals surface area contributed by atoms with Crippen molar-refractivity contribution in [2.45, 2.75) is 6.61 Å². The van der Waals surface area contributed by atoms with Gasteiger partial charge in [-0.05, 0) is 40.2 Å². The average Bonchev–Trinajstić information content (AvgIpc) is 2.93. The number of halogens is 2. The Morgan fingerprint density at radius 3 is 2.89 bits per heavy atom. The van der Waals surface area contributed by atoms with E-state index in [0.717, 1.165) is 0 Å². The number of nitrogens with zero attached hydrogens (tertiary/aromatic N) is 1. The van der Waals surface area contributed by atoms with E-state index in [1.54, 1.807) is 12.1 Å². The second-order valence-corrected chi connectivity index (χ2v) is 4.39. The molecule has 0 fully saturated rings. The highest BCUT2D eigenvalue weighted by molar-refractivity contribution is 9.10. The van der Waals surface area contributed by atoms with Gasteiger partial charge in [0, 0.05) is 5.56 Å². The minimum absolute atomic E-state index is 0.0396. The second-order valence-electron chi connectivity index (χ2n) is 3.59. The van der Waals surface area contributed by atoms with E-state index in [0.29, 0.717) is 5.76 Å². The van der Waals surface area contributed by atoms with Gasteiger partial charge in [0.2, 0.25) is 0 Å². The van der Waals surface area contributed by atoms with E-state index in [2.05, 4.69) is 21.1 Å². The Hall–Kier alpha value is -2.02. The van der Waals surface area contributed by atoms with Crippen molar-refractivity contribution in [3.63, 3.8) is 0 Å². The molecule has 0 atom stereocenters. The minimum Gasteiger partial charge on any atom is -0.483 e. The summed E-state index contributed by atoms with van der Waals surface area (Å²) in [6.07, 6.45) is 1.51. The van der Waals surface area contributed by atoms with Gasteiger partial charge in [-0.1, -0.05) is 5.16 Å². The van der Waals surface area contributed by atoms with Gasteiger partial charge in [-0.25, -0.2) is 4.39 Å². The van der Waals surface area contributed by atoms with Crippen LogP contribution in [0.4, 0.5) is 4.39 Å². The molecule has 0 saturated heterocycles. The third kappa shape index (κ3) is 2.87. The molecule has 0 aliphatic carbocycles. The molecule has 3 N–H and O–H groups in total. The summed E-state index contributed by atoms with van der Waals surface area (Å²) in [5.74, 6) is -0.201. The highest BCUT2D eigenvalue weighted by atomic mass is 79.9. The number of benzene rings is 1. The van der Waals surface area contributed by atoms with Crippen LogP contribution in [0.15, 0.2) is 44.6 Å². The van der Waals surface area contributed by atoms with Crippen LogP contribution in [0.25, 0.3) is 0 Å². The summed E-state index contributed by atoms with van der Waals surface area (Å²) in [5.41, 5.74) is 5.65. The van der Waals surface area contributed by atoms with Gasteiger partial charge in [0.15, 0.2) is 17.4 Å². The molecular weight excluding hydrogens is 319 g/mol.